The number of anilines is 2. The van der Waals surface area contributed by atoms with Crippen LogP contribution in [0.25, 0.3) is 0 Å². The molecule has 0 fully saturated rings. The molecule has 1 aromatic carbocycles. The van der Waals surface area contributed by atoms with Gasteiger partial charge in [0, 0.05) is 16.4 Å². The largest absolute Gasteiger partial charge is 0.339 e. The summed E-state index contributed by atoms with van der Waals surface area (Å²) < 4.78 is 0.872. The van der Waals surface area contributed by atoms with Crippen molar-refractivity contribution < 1.29 is 0 Å². The van der Waals surface area contributed by atoms with E-state index in [0.717, 1.165) is 16.6 Å². The van der Waals surface area contributed by atoms with Gasteiger partial charge >= 0.3 is 0 Å². The average Bonchev–Trinajstić information content (AvgIpc) is 2.33. The molecule has 17 heavy (non-hydrogen) atoms. The van der Waals surface area contributed by atoms with Gasteiger partial charge in [-0.3, -0.25) is 0 Å². The van der Waals surface area contributed by atoms with Crippen molar-refractivity contribution in [2.45, 2.75) is 13.3 Å². The van der Waals surface area contributed by atoms with Crippen LogP contribution in [-0.2, 0) is 6.42 Å². The number of nitrogens with zero attached hydrogens (tertiary/aromatic N) is 1. The molecule has 1 N–H and O–H groups in total. The molecule has 0 spiro atoms. The number of aryl methyl sites for hydroxylation is 1. The Morgan fingerprint density at radius 1 is 1.35 bits per heavy atom. The predicted octanol–water partition coefficient (Wildman–Crippen LogP) is 4.80. The second-order valence-electron chi connectivity index (χ2n) is 3.62. The Kier molecular flexibility index (Phi) is 4.02. The van der Waals surface area contributed by atoms with Crippen LogP contribution in [0.4, 0.5) is 11.5 Å². The minimum Gasteiger partial charge on any atom is -0.339 e. The van der Waals surface area contributed by atoms with Gasteiger partial charge in [0.15, 0.2) is 0 Å². The van der Waals surface area contributed by atoms with E-state index in [9.17, 15) is 0 Å². The fourth-order valence-electron chi connectivity index (χ4n) is 1.58. The summed E-state index contributed by atoms with van der Waals surface area (Å²) in [6.07, 6.45) is 2.69. The minimum atomic E-state index is 0.602. The SMILES string of the molecule is CCc1ccccc1Nc1ncc(Br)cc1Cl. The summed E-state index contributed by atoms with van der Waals surface area (Å²) in [5, 5.41) is 3.86. The fourth-order valence-corrected chi connectivity index (χ4v) is 2.26. The number of rotatable bonds is 3. The molecule has 0 radical (unpaired) electrons. The third-order valence-corrected chi connectivity index (χ3v) is 3.18. The molecule has 0 saturated heterocycles. The van der Waals surface area contributed by atoms with Crippen LogP contribution in [0.15, 0.2) is 41.0 Å². The van der Waals surface area contributed by atoms with E-state index in [1.54, 1.807) is 6.20 Å². The lowest BCUT2D eigenvalue weighted by Gasteiger charge is -2.11. The van der Waals surface area contributed by atoms with Gasteiger partial charge in [-0.2, -0.15) is 0 Å². The lowest BCUT2D eigenvalue weighted by Crippen LogP contribution is -1.97. The van der Waals surface area contributed by atoms with E-state index in [4.69, 9.17) is 11.6 Å². The van der Waals surface area contributed by atoms with E-state index >= 15 is 0 Å². The van der Waals surface area contributed by atoms with E-state index < -0.39 is 0 Å². The first-order valence-corrected chi connectivity index (χ1v) is 6.53. The van der Waals surface area contributed by atoms with Crippen LogP contribution in [0.1, 0.15) is 12.5 Å². The molecular weight excluding hydrogens is 300 g/mol. The highest BCUT2D eigenvalue weighted by Gasteiger charge is 2.05. The van der Waals surface area contributed by atoms with Crippen molar-refractivity contribution in [3.63, 3.8) is 0 Å². The molecule has 0 aliphatic carbocycles. The topological polar surface area (TPSA) is 24.9 Å². The Morgan fingerprint density at radius 2 is 2.12 bits per heavy atom. The maximum Gasteiger partial charge on any atom is 0.149 e. The van der Waals surface area contributed by atoms with Crippen LogP contribution in [0.3, 0.4) is 0 Å². The van der Waals surface area contributed by atoms with Crippen LogP contribution in [0.2, 0.25) is 5.02 Å². The van der Waals surface area contributed by atoms with Gasteiger partial charge in [0.1, 0.15) is 5.82 Å². The number of pyridine rings is 1. The fraction of sp³-hybridized carbons (Fsp3) is 0.154. The molecule has 2 rings (SSSR count). The molecule has 4 heteroatoms. The summed E-state index contributed by atoms with van der Waals surface area (Å²) in [6, 6.07) is 9.97. The summed E-state index contributed by atoms with van der Waals surface area (Å²) in [5.74, 6) is 0.677. The second-order valence-corrected chi connectivity index (χ2v) is 4.94. The number of para-hydroxylation sites is 1. The zero-order chi connectivity index (χ0) is 12.3. The molecule has 0 atom stereocenters. The Labute approximate surface area is 114 Å². The van der Waals surface area contributed by atoms with E-state index in [2.05, 4.69) is 39.2 Å². The average molecular weight is 312 g/mol. The van der Waals surface area contributed by atoms with Crippen molar-refractivity contribution in [2.75, 3.05) is 5.32 Å². The summed E-state index contributed by atoms with van der Waals surface area (Å²) in [5.41, 5.74) is 2.29. The van der Waals surface area contributed by atoms with E-state index in [0.29, 0.717) is 10.8 Å². The quantitative estimate of drug-likeness (QED) is 0.880. The van der Waals surface area contributed by atoms with Crippen LogP contribution in [0, 0.1) is 0 Å². The van der Waals surface area contributed by atoms with Gasteiger partial charge in [-0.05, 0) is 40.0 Å². The number of hydrogen-bond acceptors (Lipinski definition) is 2. The van der Waals surface area contributed by atoms with Crippen molar-refractivity contribution in [1.82, 2.24) is 4.98 Å². The molecule has 0 aliphatic rings. The van der Waals surface area contributed by atoms with Crippen molar-refractivity contribution >= 4 is 39.0 Å². The van der Waals surface area contributed by atoms with Crippen molar-refractivity contribution in [1.29, 1.82) is 0 Å². The van der Waals surface area contributed by atoms with E-state index in [1.165, 1.54) is 5.56 Å². The van der Waals surface area contributed by atoms with Crippen molar-refractivity contribution in [2.24, 2.45) is 0 Å². The zero-order valence-corrected chi connectivity index (χ0v) is 11.7. The third kappa shape index (κ3) is 2.99. The molecule has 1 aromatic heterocycles. The second kappa shape index (κ2) is 5.52. The molecule has 0 bridgehead atoms. The van der Waals surface area contributed by atoms with Gasteiger partial charge in [0.2, 0.25) is 0 Å². The van der Waals surface area contributed by atoms with Gasteiger partial charge in [0.05, 0.1) is 5.02 Å². The van der Waals surface area contributed by atoms with E-state index in [1.807, 2.05) is 24.3 Å². The first-order valence-electron chi connectivity index (χ1n) is 5.36. The minimum absolute atomic E-state index is 0.602. The molecule has 2 nitrogen and oxygen atoms in total. The number of hydrogen-bond donors (Lipinski definition) is 1. The molecule has 1 heterocycles. The van der Waals surface area contributed by atoms with Crippen LogP contribution in [-0.4, -0.2) is 4.98 Å². The summed E-state index contributed by atoms with van der Waals surface area (Å²) >= 11 is 9.46. The predicted molar refractivity (Wildman–Crippen MR) is 76.0 cm³/mol. The molecule has 0 aliphatic heterocycles. The maximum atomic E-state index is 6.12. The zero-order valence-electron chi connectivity index (χ0n) is 9.37. The van der Waals surface area contributed by atoms with Gasteiger partial charge in [-0.1, -0.05) is 36.7 Å². The first-order chi connectivity index (χ1) is 8.20. The Morgan fingerprint density at radius 3 is 2.82 bits per heavy atom. The standard InChI is InChI=1S/C13H12BrClN2/c1-2-9-5-3-4-6-12(9)17-13-11(15)7-10(14)8-16-13/h3-8H,2H2,1H3,(H,16,17). The van der Waals surface area contributed by atoms with Gasteiger partial charge < -0.3 is 5.32 Å². The highest BCUT2D eigenvalue weighted by molar-refractivity contribution is 9.10. The number of halogens is 2. The Bertz CT molecular complexity index is 529. The summed E-state index contributed by atoms with van der Waals surface area (Å²) in [6.45, 7) is 2.12. The molecular formula is C13H12BrClN2. The van der Waals surface area contributed by atoms with Crippen LogP contribution >= 0.6 is 27.5 Å². The summed E-state index contributed by atoms with van der Waals surface area (Å²) in [7, 11) is 0. The Hall–Kier alpha value is -1.06. The van der Waals surface area contributed by atoms with Crippen LogP contribution < -0.4 is 5.32 Å². The molecule has 88 valence electrons. The molecule has 0 unspecified atom stereocenters. The number of benzene rings is 1. The molecule has 2 aromatic rings. The van der Waals surface area contributed by atoms with Gasteiger partial charge in [-0.25, -0.2) is 4.98 Å². The normalized spacial score (nSPS) is 10.3. The lowest BCUT2D eigenvalue weighted by atomic mass is 10.1. The van der Waals surface area contributed by atoms with Crippen molar-refractivity contribution in [3.8, 4) is 0 Å². The lowest BCUT2D eigenvalue weighted by molar-refractivity contribution is 1.14. The third-order valence-electron chi connectivity index (χ3n) is 2.46. The maximum absolute atomic E-state index is 6.12. The van der Waals surface area contributed by atoms with Crippen molar-refractivity contribution in [3.05, 3.63) is 51.6 Å². The number of aromatic nitrogens is 1. The first kappa shape index (κ1) is 12.4. The van der Waals surface area contributed by atoms with Gasteiger partial charge in [-0.15, -0.1) is 0 Å². The Balaban J connectivity index is 2.31. The highest BCUT2D eigenvalue weighted by atomic mass is 79.9. The molecule has 0 amide bonds. The monoisotopic (exact) mass is 310 g/mol. The smallest absolute Gasteiger partial charge is 0.149 e. The van der Waals surface area contributed by atoms with Crippen LogP contribution in [0.5, 0.6) is 0 Å². The number of nitrogens with one attached hydrogen (secondary N) is 1. The highest BCUT2D eigenvalue weighted by Crippen LogP contribution is 2.27. The summed E-state index contributed by atoms with van der Waals surface area (Å²) in [4.78, 5) is 4.26. The van der Waals surface area contributed by atoms with Gasteiger partial charge in [0.25, 0.3) is 0 Å². The molecule has 0 saturated carbocycles. The van der Waals surface area contributed by atoms with E-state index in [-0.39, 0.29) is 0 Å².